The summed E-state index contributed by atoms with van der Waals surface area (Å²) in [5.74, 6) is -1.57. The molecule has 8 aromatic heterocycles. The predicted molar refractivity (Wildman–Crippen MR) is 480 cm³/mol. The molecular weight excluding hydrogens is 1770 g/mol. The highest BCUT2D eigenvalue weighted by atomic mass is 35.5. The topological polar surface area (TPSA) is 443 Å². The molecule has 0 radical (unpaired) electrons. The first-order valence-electron chi connectivity index (χ1n) is 39.1. The molecule has 127 heavy (non-hydrogen) atoms. The van der Waals surface area contributed by atoms with E-state index >= 15 is 0 Å². The number of carbonyl (C=O) groups is 6. The molecule has 14 aromatic rings. The highest BCUT2D eigenvalue weighted by Gasteiger charge is 2.31. The molecule has 0 spiro atoms. The van der Waals surface area contributed by atoms with E-state index in [0.717, 1.165) is 44.6 Å². The fraction of sp³-hybridized carbons (Fsp3) is 0.186. The van der Waals surface area contributed by atoms with Crippen LogP contribution in [0.5, 0.6) is 0 Å². The van der Waals surface area contributed by atoms with Crippen LogP contribution in [0.3, 0.4) is 0 Å². The monoisotopic (exact) mass is 1840 g/mol. The van der Waals surface area contributed by atoms with Crippen LogP contribution in [0.2, 0.25) is 30.5 Å². The van der Waals surface area contributed by atoms with Crippen molar-refractivity contribution in [2.75, 3.05) is 31.1 Å². The molecule has 1 aliphatic heterocycles. The SMILES string of the molecule is Cc1ccc(-c2nc([C@H](CC(=O)N3CCS(=O)(=O)CC3)NC(=O)/C=C/c3cc(Cl)ccc3-n3cnnn3)[nH]c2Cl)cc1.Cc1ccc(-c2nc([C@H](CC(=O)NCCc3ccccn3)NC(=O)/C=C/c3cc(Cl)ccc3-n3cnnn3)[nH]c2Cl)cc1.Cc1ccc(-c2nc([C@H](CC(=O)NCc3cccnc3)NC(=O)/C=C/c3cc(Cl)ccc3-n3cnnn3)[nH]c2Cl)cc1. The number of hydrogen-bond donors (Lipinski definition) is 8. The quantitative estimate of drug-likeness (QED) is 0.0202. The lowest BCUT2D eigenvalue weighted by atomic mass is 10.1. The van der Waals surface area contributed by atoms with Crippen LogP contribution in [0.15, 0.2) is 214 Å². The Hall–Kier alpha value is -13.8. The van der Waals surface area contributed by atoms with Crippen molar-refractivity contribution in [3.05, 3.63) is 306 Å². The fourth-order valence-electron chi connectivity index (χ4n) is 12.9. The van der Waals surface area contributed by atoms with Gasteiger partial charge >= 0.3 is 0 Å². The number of carbonyl (C=O) groups excluding carboxylic acids is 6. The van der Waals surface area contributed by atoms with Crippen LogP contribution in [0.25, 0.3) is 69.1 Å². The van der Waals surface area contributed by atoms with E-state index in [1.165, 1.54) is 56.2 Å². The molecule has 41 heteroatoms. The van der Waals surface area contributed by atoms with Gasteiger partial charge in [0.2, 0.25) is 35.4 Å². The maximum absolute atomic E-state index is 13.2. The molecule has 0 saturated carbocycles. The number of sulfone groups is 1. The van der Waals surface area contributed by atoms with Gasteiger partial charge in [0.05, 0.1) is 66.0 Å². The normalized spacial score (nSPS) is 13.1. The maximum atomic E-state index is 13.2. The number of tetrazole rings is 3. The highest BCUT2D eigenvalue weighted by molar-refractivity contribution is 7.91. The molecule has 3 atom stereocenters. The van der Waals surface area contributed by atoms with Crippen molar-refractivity contribution in [3.8, 4) is 50.8 Å². The standard InChI is InChI=1S/C30H27Cl2N9O2.C29H25Cl2N9O2.C27H26Cl2N8O4S/c1-19-5-7-20(8-6-19)28-29(32)38-30(37-28)24(17-27(43)34-15-13-23-4-2-3-14-33-23)36-26(42)12-9-21-16-22(31)10-11-25(21)41-18-35-39-40-41;1-18-4-6-20(7-5-18)27-28(31)37-29(36-27)23(14-26(42)33-16-19-3-2-12-32-15-19)35-25(41)11-8-21-13-22(30)9-10-24(21)40-17-34-38-39-40;1-17-2-4-18(5-3-17)25-26(29)33-27(32-25)21(15-24(39)36-10-12-42(40,41)13-11-36)31-23(38)9-6-19-14-20(28)7-8-22(19)37-16-30-34-35-37/h2-12,14,16,18,24H,13,15,17H2,1H3,(H,34,43)(H,36,42)(H,37,38);2-13,15,17,23H,14,16H2,1H3,(H,33,42)(H,35,41)(H,36,37);2-9,14,16,21H,10-13,15H2,1H3,(H,31,38)(H,32,33)/b12-9+;11-8+;9-6+/t24-;23-;21-/m000/s1. The zero-order valence-corrected chi connectivity index (χ0v) is 73.1. The minimum absolute atomic E-state index is 0.0774. The molecule has 9 heterocycles. The average molecular weight is 1850 g/mol. The van der Waals surface area contributed by atoms with Crippen LogP contribution in [0, 0.1) is 20.8 Å². The molecule has 0 bridgehead atoms. The van der Waals surface area contributed by atoms with Gasteiger partial charge in [-0.3, -0.25) is 38.7 Å². The minimum atomic E-state index is -3.17. The van der Waals surface area contributed by atoms with Gasteiger partial charge in [0.1, 0.15) is 69.0 Å². The van der Waals surface area contributed by atoms with Gasteiger partial charge in [-0.15, -0.1) is 15.3 Å². The summed E-state index contributed by atoms with van der Waals surface area (Å²) in [4.78, 5) is 111. The number of aryl methyl sites for hydroxylation is 3. The molecule has 0 unspecified atom stereocenters. The molecule has 1 saturated heterocycles. The summed E-state index contributed by atoms with van der Waals surface area (Å²) in [7, 11) is -3.17. The van der Waals surface area contributed by atoms with E-state index in [4.69, 9.17) is 69.6 Å². The highest BCUT2D eigenvalue weighted by Crippen LogP contribution is 2.34. The molecule has 1 aliphatic rings. The number of benzene rings is 6. The van der Waals surface area contributed by atoms with Gasteiger partial charge in [0, 0.05) is 124 Å². The number of nitrogens with one attached hydrogen (secondary N) is 8. The van der Waals surface area contributed by atoms with Crippen molar-refractivity contribution in [2.24, 2.45) is 0 Å². The van der Waals surface area contributed by atoms with E-state index in [-0.39, 0.29) is 79.1 Å². The molecule has 8 N–H and O–H groups in total. The second kappa shape index (κ2) is 43.2. The number of imidazole rings is 3. The van der Waals surface area contributed by atoms with Crippen molar-refractivity contribution < 1.29 is 37.2 Å². The first-order valence-corrected chi connectivity index (χ1v) is 43.2. The van der Waals surface area contributed by atoms with Gasteiger partial charge < -0.3 is 46.4 Å². The number of H-pyrrole nitrogens is 3. The number of aromatic amines is 3. The molecular formula is C86H78Cl6N26O8S. The molecule has 6 aromatic carbocycles. The van der Waals surface area contributed by atoms with Crippen LogP contribution in [-0.4, -0.2) is 180 Å². The van der Waals surface area contributed by atoms with E-state index in [1.807, 2.05) is 118 Å². The van der Waals surface area contributed by atoms with E-state index in [0.29, 0.717) is 101 Å². The minimum Gasteiger partial charge on any atom is -0.356 e. The summed E-state index contributed by atoms with van der Waals surface area (Å²) >= 11 is 38.1. The van der Waals surface area contributed by atoms with Gasteiger partial charge in [0.25, 0.3) is 0 Å². The third-order valence-electron chi connectivity index (χ3n) is 19.4. The van der Waals surface area contributed by atoms with Gasteiger partial charge in [-0.1, -0.05) is 171 Å². The van der Waals surface area contributed by atoms with Gasteiger partial charge in [0.15, 0.2) is 9.84 Å². The lowest BCUT2D eigenvalue weighted by Crippen LogP contribution is -2.45. The van der Waals surface area contributed by atoms with Crippen LogP contribution in [0.1, 0.15) is 99.5 Å². The second-order valence-electron chi connectivity index (χ2n) is 28.7. The largest absolute Gasteiger partial charge is 0.356 e. The van der Waals surface area contributed by atoms with Crippen molar-refractivity contribution in [1.82, 2.24) is 132 Å². The summed E-state index contributed by atoms with van der Waals surface area (Å²) in [6, 6.07) is 45.1. The fourth-order valence-corrected chi connectivity index (χ4v) is 15.4. The molecule has 6 amide bonds. The number of nitrogens with zero attached hydrogens (tertiary/aromatic N) is 18. The molecule has 34 nitrogen and oxygen atoms in total. The van der Waals surface area contributed by atoms with E-state index in [9.17, 15) is 37.2 Å². The Kier molecular flexibility index (Phi) is 30.9. The Bertz CT molecular complexity index is 6370. The maximum Gasteiger partial charge on any atom is 0.244 e. The number of halogens is 6. The number of pyridine rings is 2. The van der Waals surface area contributed by atoms with E-state index in [2.05, 4.69) is 113 Å². The number of amides is 6. The van der Waals surface area contributed by atoms with Crippen molar-refractivity contribution in [1.29, 1.82) is 0 Å². The number of hydrogen-bond acceptors (Lipinski definition) is 22. The molecule has 1 fully saturated rings. The molecule has 648 valence electrons. The van der Waals surface area contributed by atoms with Crippen LogP contribution in [0.4, 0.5) is 0 Å². The Morgan fingerprint density at radius 2 is 0.858 bits per heavy atom. The van der Waals surface area contributed by atoms with Crippen molar-refractivity contribution in [2.45, 2.75) is 71.1 Å². The second-order valence-corrected chi connectivity index (χ2v) is 33.5. The van der Waals surface area contributed by atoms with E-state index < -0.39 is 45.7 Å². The number of rotatable bonds is 29. The zero-order chi connectivity index (χ0) is 89.5. The lowest BCUT2D eigenvalue weighted by Gasteiger charge is -2.28. The smallest absolute Gasteiger partial charge is 0.244 e. The first-order chi connectivity index (χ1) is 61.3. The van der Waals surface area contributed by atoms with Gasteiger partial charge in [-0.2, -0.15) is 14.0 Å². The Labute approximate surface area is 756 Å². The summed E-state index contributed by atoms with van der Waals surface area (Å²) in [5.41, 5.74) is 12.5. The lowest BCUT2D eigenvalue weighted by molar-refractivity contribution is -0.132. The number of aromatic nitrogens is 20. The molecule has 0 aliphatic carbocycles. The predicted octanol–water partition coefficient (Wildman–Crippen LogP) is 12.5. The summed E-state index contributed by atoms with van der Waals surface area (Å²) in [5, 5.41) is 50.3. The third-order valence-corrected chi connectivity index (χ3v) is 22.6. The third kappa shape index (κ3) is 25.7. The van der Waals surface area contributed by atoms with Crippen LogP contribution < -0.4 is 26.6 Å². The Morgan fingerprint density at radius 1 is 0.465 bits per heavy atom. The van der Waals surface area contributed by atoms with Crippen molar-refractivity contribution >= 4 is 133 Å². The summed E-state index contributed by atoms with van der Waals surface area (Å²) in [6.45, 7) is 6.79. The average Bonchev–Trinajstić information content (AvgIpc) is 1.68. The van der Waals surface area contributed by atoms with Gasteiger partial charge in [-0.05, 0) is 149 Å². The van der Waals surface area contributed by atoms with Crippen molar-refractivity contribution in [3.63, 3.8) is 0 Å². The summed E-state index contributed by atoms with van der Waals surface area (Å²) in [6.07, 6.45) is 18.3. The van der Waals surface area contributed by atoms with Crippen LogP contribution in [-0.2, 0) is 51.6 Å². The Morgan fingerprint density at radius 3 is 1.22 bits per heavy atom. The molecule has 15 rings (SSSR count). The summed E-state index contributed by atoms with van der Waals surface area (Å²) < 4.78 is 28.1. The van der Waals surface area contributed by atoms with Crippen LogP contribution >= 0.6 is 69.6 Å². The van der Waals surface area contributed by atoms with E-state index in [1.54, 1.807) is 97.5 Å². The van der Waals surface area contributed by atoms with Gasteiger partial charge in [-0.25, -0.2) is 23.4 Å². The Balaban J connectivity index is 0.000000163. The zero-order valence-electron chi connectivity index (χ0n) is 67.7. The first kappa shape index (κ1) is 90.9.